The zero-order chi connectivity index (χ0) is 15.4. The van der Waals surface area contributed by atoms with Crippen LogP contribution >= 0.6 is 11.3 Å². The minimum Gasteiger partial charge on any atom is -0.351 e. The molecule has 0 aliphatic heterocycles. The number of aryl methyl sites for hydroxylation is 2. The Morgan fingerprint density at radius 3 is 3.23 bits per heavy atom. The molecule has 0 aromatic carbocycles. The number of thiophene rings is 1. The van der Waals surface area contributed by atoms with E-state index >= 15 is 0 Å². The Kier molecular flexibility index (Phi) is 4.93. The molecule has 1 atom stereocenters. The van der Waals surface area contributed by atoms with Gasteiger partial charge in [-0.1, -0.05) is 13.3 Å². The molecule has 2 aromatic rings. The summed E-state index contributed by atoms with van der Waals surface area (Å²) in [6.07, 6.45) is 11.3. The molecule has 0 bridgehead atoms. The lowest BCUT2D eigenvalue weighted by molar-refractivity contribution is 0.0956. The maximum absolute atomic E-state index is 12.3. The van der Waals surface area contributed by atoms with Crippen LogP contribution in [0.2, 0.25) is 0 Å². The highest BCUT2D eigenvalue weighted by Gasteiger charge is 2.21. The van der Waals surface area contributed by atoms with Crippen LogP contribution in [0.25, 0.3) is 0 Å². The monoisotopic (exact) mass is 317 g/mol. The molecular formula is C17H23N3OS. The lowest BCUT2D eigenvalue weighted by Crippen LogP contribution is -2.24. The van der Waals surface area contributed by atoms with Crippen LogP contribution in [-0.2, 0) is 19.4 Å². The number of hydrogen-bond acceptors (Lipinski definition) is 3. The predicted octanol–water partition coefficient (Wildman–Crippen LogP) is 3.28. The van der Waals surface area contributed by atoms with Crippen LogP contribution in [0, 0.1) is 5.92 Å². The Morgan fingerprint density at radius 2 is 2.45 bits per heavy atom. The summed E-state index contributed by atoms with van der Waals surface area (Å²) in [5.41, 5.74) is 1.41. The summed E-state index contributed by atoms with van der Waals surface area (Å²) in [7, 11) is 0. The molecule has 1 aliphatic carbocycles. The van der Waals surface area contributed by atoms with Gasteiger partial charge in [-0.3, -0.25) is 4.79 Å². The van der Waals surface area contributed by atoms with Crippen molar-refractivity contribution in [1.82, 2.24) is 14.9 Å². The summed E-state index contributed by atoms with van der Waals surface area (Å²) in [5.74, 6) is 0.881. The lowest BCUT2D eigenvalue weighted by Gasteiger charge is -2.19. The highest BCUT2D eigenvalue weighted by Crippen LogP contribution is 2.33. The Bertz CT molecular complexity index is 618. The fourth-order valence-corrected chi connectivity index (χ4v) is 4.15. The third-order valence-electron chi connectivity index (χ3n) is 4.42. The molecule has 0 fully saturated rings. The number of rotatable bonds is 6. The largest absolute Gasteiger partial charge is 0.351 e. The van der Waals surface area contributed by atoms with Crippen molar-refractivity contribution in [1.29, 1.82) is 0 Å². The van der Waals surface area contributed by atoms with E-state index in [1.54, 1.807) is 23.9 Å². The van der Waals surface area contributed by atoms with E-state index in [0.717, 1.165) is 36.6 Å². The first-order valence-corrected chi connectivity index (χ1v) is 8.93. The van der Waals surface area contributed by atoms with Gasteiger partial charge >= 0.3 is 0 Å². The molecule has 0 saturated heterocycles. The summed E-state index contributed by atoms with van der Waals surface area (Å²) in [6.45, 7) is 3.85. The second-order valence-corrected chi connectivity index (χ2v) is 7.12. The third kappa shape index (κ3) is 3.58. The predicted molar refractivity (Wildman–Crippen MR) is 89.3 cm³/mol. The van der Waals surface area contributed by atoms with Crippen molar-refractivity contribution in [3.8, 4) is 0 Å². The van der Waals surface area contributed by atoms with Crippen LogP contribution in [0.5, 0.6) is 0 Å². The number of carbonyl (C=O) groups excluding carboxylic acids is 1. The Morgan fingerprint density at radius 1 is 1.55 bits per heavy atom. The van der Waals surface area contributed by atoms with E-state index < -0.39 is 0 Å². The van der Waals surface area contributed by atoms with Gasteiger partial charge in [0.15, 0.2) is 0 Å². The van der Waals surface area contributed by atoms with Crippen LogP contribution in [0.4, 0.5) is 0 Å². The number of imidazole rings is 1. The summed E-state index contributed by atoms with van der Waals surface area (Å²) in [6, 6.07) is 2.12. The standard InChI is InChI=1S/C17H23N3OS/c1-2-13-4-5-15-14(10-13)11-16(22-15)17(21)19-6-3-8-20-9-7-18-12-20/h7,9,11-13H,2-6,8,10H2,1H3,(H,19,21)/t13-/m0/s1. The third-order valence-corrected chi connectivity index (χ3v) is 5.66. The van der Waals surface area contributed by atoms with Crippen molar-refractivity contribution >= 4 is 17.2 Å². The van der Waals surface area contributed by atoms with Gasteiger partial charge in [-0.15, -0.1) is 11.3 Å². The first kappa shape index (κ1) is 15.3. The first-order chi connectivity index (χ1) is 10.8. The number of nitrogens with zero attached hydrogens (tertiary/aromatic N) is 2. The van der Waals surface area contributed by atoms with Crippen LogP contribution in [0.3, 0.4) is 0 Å². The molecule has 1 aliphatic rings. The van der Waals surface area contributed by atoms with Gasteiger partial charge in [-0.2, -0.15) is 0 Å². The van der Waals surface area contributed by atoms with Gasteiger partial charge < -0.3 is 9.88 Å². The average molecular weight is 317 g/mol. The van der Waals surface area contributed by atoms with Crippen molar-refractivity contribution in [3.63, 3.8) is 0 Å². The van der Waals surface area contributed by atoms with E-state index in [4.69, 9.17) is 0 Å². The van der Waals surface area contributed by atoms with Gasteiger partial charge in [0.2, 0.25) is 0 Å². The number of nitrogens with one attached hydrogen (secondary N) is 1. The van der Waals surface area contributed by atoms with Crippen LogP contribution in [0.1, 0.15) is 46.3 Å². The summed E-state index contributed by atoms with van der Waals surface area (Å²) < 4.78 is 2.03. The van der Waals surface area contributed by atoms with Gasteiger partial charge in [0, 0.05) is 30.4 Å². The van der Waals surface area contributed by atoms with Crippen LogP contribution in [-0.4, -0.2) is 22.0 Å². The minimum atomic E-state index is 0.0816. The molecule has 0 radical (unpaired) electrons. The van der Waals surface area contributed by atoms with E-state index in [1.807, 2.05) is 10.8 Å². The Labute approximate surface area is 135 Å². The molecule has 1 N–H and O–H groups in total. The number of amides is 1. The molecule has 22 heavy (non-hydrogen) atoms. The Balaban J connectivity index is 1.49. The molecule has 5 heteroatoms. The van der Waals surface area contributed by atoms with Crippen LogP contribution < -0.4 is 5.32 Å². The molecule has 4 nitrogen and oxygen atoms in total. The molecule has 1 amide bonds. The summed E-state index contributed by atoms with van der Waals surface area (Å²) >= 11 is 1.68. The van der Waals surface area contributed by atoms with Gasteiger partial charge in [-0.05, 0) is 43.2 Å². The van der Waals surface area contributed by atoms with Crippen molar-refractivity contribution in [2.45, 2.75) is 45.6 Å². The van der Waals surface area contributed by atoms with Gasteiger partial charge in [0.05, 0.1) is 11.2 Å². The summed E-state index contributed by atoms with van der Waals surface area (Å²) in [4.78, 5) is 18.6. The molecule has 3 rings (SSSR count). The van der Waals surface area contributed by atoms with E-state index in [-0.39, 0.29) is 5.91 Å². The average Bonchev–Trinajstić information content (AvgIpc) is 3.19. The molecule has 0 saturated carbocycles. The number of hydrogen-bond donors (Lipinski definition) is 1. The minimum absolute atomic E-state index is 0.0816. The highest BCUT2D eigenvalue weighted by atomic mass is 32.1. The molecule has 2 aromatic heterocycles. The number of fused-ring (bicyclic) bond motifs is 1. The van der Waals surface area contributed by atoms with E-state index in [0.29, 0.717) is 6.54 Å². The fraction of sp³-hybridized carbons (Fsp3) is 0.529. The van der Waals surface area contributed by atoms with E-state index in [1.165, 1.54) is 23.3 Å². The van der Waals surface area contributed by atoms with Gasteiger partial charge in [-0.25, -0.2) is 4.98 Å². The highest BCUT2D eigenvalue weighted by molar-refractivity contribution is 7.14. The fourth-order valence-electron chi connectivity index (χ4n) is 3.03. The maximum Gasteiger partial charge on any atom is 0.261 e. The van der Waals surface area contributed by atoms with Crippen molar-refractivity contribution in [3.05, 3.63) is 40.1 Å². The number of aromatic nitrogens is 2. The van der Waals surface area contributed by atoms with Crippen molar-refractivity contribution in [2.75, 3.05) is 6.54 Å². The van der Waals surface area contributed by atoms with Crippen molar-refractivity contribution in [2.24, 2.45) is 5.92 Å². The second kappa shape index (κ2) is 7.09. The lowest BCUT2D eigenvalue weighted by atomic mass is 9.87. The zero-order valence-electron chi connectivity index (χ0n) is 13.0. The SMILES string of the molecule is CC[C@H]1CCc2sc(C(=O)NCCCn3ccnc3)cc2C1. The van der Waals surface area contributed by atoms with Crippen LogP contribution in [0.15, 0.2) is 24.8 Å². The quantitative estimate of drug-likeness (QED) is 0.831. The summed E-state index contributed by atoms with van der Waals surface area (Å²) in [5, 5.41) is 3.03. The molecular weight excluding hydrogens is 294 g/mol. The Hall–Kier alpha value is -1.62. The molecule has 2 heterocycles. The first-order valence-electron chi connectivity index (χ1n) is 8.11. The van der Waals surface area contributed by atoms with E-state index in [9.17, 15) is 4.79 Å². The molecule has 0 spiro atoms. The van der Waals surface area contributed by atoms with E-state index in [2.05, 4.69) is 23.3 Å². The molecule has 0 unspecified atom stereocenters. The van der Waals surface area contributed by atoms with Gasteiger partial charge in [0.1, 0.15) is 0 Å². The second-order valence-electron chi connectivity index (χ2n) is 5.99. The zero-order valence-corrected chi connectivity index (χ0v) is 13.9. The van der Waals surface area contributed by atoms with Crippen molar-refractivity contribution < 1.29 is 4.79 Å². The molecule has 118 valence electrons. The topological polar surface area (TPSA) is 46.9 Å². The van der Waals surface area contributed by atoms with Gasteiger partial charge in [0.25, 0.3) is 5.91 Å². The normalized spacial score (nSPS) is 17.2. The number of carbonyl (C=O) groups is 1. The smallest absolute Gasteiger partial charge is 0.261 e. The maximum atomic E-state index is 12.3.